The van der Waals surface area contributed by atoms with Gasteiger partial charge in [-0.2, -0.15) is 0 Å². The minimum absolute atomic E-state index is 0.127. The molecule has 0 saturated carbocycles. The van der Waals surface area contributed by atoms with Gasteiger partial charge in [-0.1, -0.05) is 17.7 Å². The summed E-state index contributed by atoms with van der Waals surface area (Å²) in [7, 11) is 0. The summed E-state index contributed by atoms with van der Waals surface area (Å²) in [5, 5.41) is 4.70. The normalized spacial score (nSPS) is 18.0. The van der Waals surface area contributed by atoms with E-state index >= 15 is 0 Å². The zero-order valence-corrected chi connectivity index (χ0v) is 22.3. The Hall–Kier alpha value is -4.06. The van der Waals surface area contributed by atoms with Crippen LogP contribution in [0.1, 0.15) is 46.5 Å². The van der Waals surface area contributed by atoms with E-state index in [1.165, 1.54) is 18.2 Å². The number of aliphatic imine (C=N–C) groups is 1. The third-order valence-electron chi connectivity index (χ3n) is 7.77. The van der Waals surface area contributed by atoms with Crippen LogP contribution in [0.3, 0.4) is 0 Å². The minimum atomic E-state index is -2.68. The summed E-state index contributed by atoms with van der Waals surface area (Å²) < 4.78 is 54.5. The number of nitrogens with one attached hydrogen (secondary N) is 3. The molecule has 0 saturated heterocycles. The highest BCUT2D eigenvalue weighted by Gasteiger charge is 2.38. The molecule has 0 fully saturated rings. The van der Waals surface area contributed by atoms with Crippen LogP contribution in [0.25, 0.3) is 22.1 Å². The predicted octanol–water partition coefficient (Wildman–Crippen LogP) is 6.49. The first-order valence-electron chi connectivity index (χ1n) is 13.2. The SMILES string of the molecule is FC1(F)CCc2[nH]c3ncnc(Cl)c3c2C1.FC1(F)CCc2[nH]c3ncnc(Nc4ccc5c(c4)C=NC5)c3c2C1. The van der Waals surface area contributed by atoms with Crippen molar-refractivity contribution in [2.75, 3.05) is 5.32 Å². The number of aryl methyl sites for hydroxylation is 2. The Bertz CT molecular complexity index is 1840. The van der Waals surface area contributed by atoms with Gasteiger partial charge in [0.25, 0.3) is 11.8 Å². The molecule has 0 radical (unpaired) electrons. The number of alkyl halides is 4. The second-order valence-electron chi connectivity index (χ2n) is 10.6. The van der Waals surface area contributed by atoms with Gasteiger partial charge in [0, 0.05) is 49.0 Å². The van der Waals surface area contributed by atoms with E-state index < -0.39 is 11.8 Å². The Morgan fingerprint density at radius 1 is 0.805 bits per heavy atom. The van der Waals surface area contributed by atoms with Gasteiger partial charge in [-0.3, -0.25) is 4.99 Å². The first-order valence-corrected chi connectivity index (χ1v) is 13.5. The summed E-state index contributed by atoms with van der Waals surface area (Å²) in [4.78, 5) is 26.8. The summed E-state index contributed by atoms with van der Waals surface area (Å²) in [5.74, 6) is -4.78. The Labute approximate surface area is 235 Å². The van der Waals surface area contributed by atoms with Gasteiger partial charge in [-0.15, -0.1) is 0 Å². The van der Waals surface area contributed by atoms with Crippen LogP contribution in [0.15, 0.2) is 35.8 Å². The van der Waals surface area contributed by atoms with Gasteiger partial charge >= 0.3 is 0 Å². The quantitative estimate of drug-likeness (QED) is 0.163. The number of halogens is 5. The molecule has 210 valence electrons. The molecule has 2 aliphatic carbocycles. The minimum Gasteiger partial charge on any atom is -0.343 e. The number of benzene rings is 1. The van der Waals surface area contributed by atoms with Crippen LogP contribution in [-0.4, -0.2) is 48.0 Å². The van der Waals surface area contributed by atoms with E-state index in [1.807, 2.05) is 24.4 Å². The molecule has 0 spiro atoms. The van der Waals surface area contributed by atoms with E-state index in [4.69, 9.17) is 11.6 Å². The number of nitrogens with zero attached hydrogens (tertiary/aromatic N) is 5. The highest BCUT2D eigenvalue weighted by molar-refractivity contribution is 6.34. The number of aromatic amines is 2. The van der Waals surface area contributed by atoms with Crippen molar-refractivity contribution in [3.05, 3.63) is 69.6 Å². The summed E-state index contributed by atoms with van der Waals surface area (Å²) in [6.45, 7) is 0.702. The Morgan fingerprint density at radius 2 is 1.44 bits per heavy atom. The van der Waals surface area contributed by atoms with Crippen LogP contribution < -0.4 is 5.32 Å². The number of fused-ring (bicyclic) bond motifs is 7. The molecule has 3 N–H and O–H groups in total. The molecule has 5 aromatic rings. The standard InChI is InChI=1S/C18H15F2N5.C10H8ClF2N3/c19-18(20)4-3-14-13(6-18)15-16(22-9-23-17(15)25-14)24-12-2-1-10-7-21-8-11(10)5-12;11-8-7-5-3-10(12,13)2-1-6(5)16-9(7)15-4-14-8/h1-2,5,8-9H,3-4,6-7H2,(H2,22,23,24,25);4H,1-3H2,(H,14,15,16). The zero-order chi connectivity index (χ0) is 28.4. The average molecular weight is 583 g/mol. The molecule has 4 aromatic heterocycles. The highest BCUT2D eigenvalue weighted by atomic mass is 35.5. The van der Waals surface area contributed by atoms with Gasteiger partial charge in [0.2, 0.25) is 0 Å². The lowest BCUT2D eigenvalue weighted by Gasteiger charge is -2.22. The topological polar surface area (TPSA) is 108 Å². The zero-order valence-electron chi connectivity index (χ0n) is 21.5. The smallest absolute Gasteiger partial charge is 0.252 e. The first-order chi connectivity index (χ1) is 19.7. The Kier molecular flexibility index (Phi) is 6.00. The summed E-state index contributed by atoms with van der Waals surface area (Å²) >= 11 is 5.91. The van der Waals surface area contributed by atoms with Gasteiger partial charge in [0.05, 0.1) is 17.3 Å². The number of H-pyrrole nitrogens is 2. The monoisotopic (exact) mass is 582 g/mol. The number of hydrogen-bond acceptors (Lipinski definition) is 6. The second-order valence-corrected chi connectivity index (χ2v) is 10.9. The van der Waals surface area contributed by atoms with Crippen LogP contribution >= 0.6 is 11.6 Å². The third-order valence-corrected chi connectivity index (χ3v) is 8.06. The van der Waals surface area contributed by atoms with Crippen LogP contribution in [0.5, 0.6) is 0 Å². The van der Waals surface area contributed by atoms with Gasteiger partial charge in [0.15, 0.2) is 0 Å². The fraction of sp³-hybridized carbons (Fsp3) is 0.321. The fourth-order valence-corrected chi connectivity index (χ4v) is 6.02. The molecule has 0 amide bonds. The Morgan fingerprint density at radius 3 is 2.15 bits per heavy atom. The molecule has 13 heteroatoms. The van der Waals surface area contributed by atoms with Crippen molar-refractivity contribution in [2.24, 2.45) is 4.99 Å². The number of aromatic nitrogens is 6. The average Bonchev–Trinajstić information content (AvgIpc) is 3.63. The van der Waals surface area contributed by atoms with Crippen molar-refractivity contribution >= 4 is 51.4 Å². The molecule has 41 heavy (non-hydrogen) atoms. The predicted molar refractivity (Wildman–Crippen MR) is 148 cm³/mol. The number of rotatable bonds is 2. The van der Waals surface area contributed by atoms with Gasteiger partial charge in [-0.05, 0) is 47.2 Å². The third kappa shape index (κ3) is 4.79. The van der Waals surface area contributed by atoms with Crippen molar-refractivity contribution in [1.82, 2.24) is 29.9 Å². The lowest BCUT2D eigenvalue weighted by atomic mass is 9.93. The van der Waals surface area contributed by atoms with Crippen molar-refractivity contribution in [3.63, 3.8) is 0 Å². The maximum Gasteiger partial charge on any atom is 0.252 e. The van der Waals surface area contributed by atoms with Gasteiger partial charge < -0.3 is 15.3 Å². The van der Waals surface area contributed by atoms with Crippen LogP contribution in [0, 0.1) is 0 Å². The molecule has 5 heterocycles. The molecular weight excluding hydrogens is 560 g/mol. The van der Waals surface area contributed by atoms with Crippen molar-refractivity contribution < 1.29 is 17.6 Å². The fourth-order valence-electron chi connectivity index (χ4n) is 5.77. The summed E-state index contributed by atoms with van der Waals surface area (Å²) in [6.07, 6.45) is 4.45. The van der Waals surface area contributed by atoms with Crippen LogP contribution in [-0.2, 0) is 32.2 Å². The molecule has 0 unspecified atom stereocenters. The second kappa shape index (κ2) is 9.51. The maximum atomic E-state index is 13.9. The molecule has 0 bridgehead atoms. The maximum absolute atomic E-state index is 13.9. The molecule has 3 aliphatic rings. The molecule has 1 aliphatic heterocycles. The number of hydrogen-bond donors (Lipinski definition) is 3. The van der Waals surface area contributed by atoms with E-state index in [2.05, 4.69) is 40.2 Å². The van der Waals surface area contributed by atoms with E-state index in [-0.39, 0.29) is 30.8 Å². The van der Waals surface area contributed by atoms with E-state index in [0.29, 0.717) is 58.4 Å². The largest absolute Gasteiger partial charge is 0.343 e. The lowest BCUT2D eigenvalue weighted by molar-refractivity contribution is -0.0127. The van der Waals surface area contributed by atoms with Gasteiger partial charge in [0.1, 0.15) is 34.9 Å². The molecule has 8 nitrogen and oxygen atoms in total. The molecule has 8 rings (SSSR count). The summed E-state index contributed by atoms with van der Waals surface area (Å²) in [5.41, 5.74) is 7.08. The van der Waals surface area contributed by atoms with E-state index in [1.54, 1.807) is 0 Å². The van der Waals surface area contributed by atoms with Crippen LogP contribution in [0.4, 0.5) is 29.1 Å². The molecule has 0 atom stereocenters. The van der Waals surface area contributed by atoms with Crippen molar-refractivity contribution in [3.8, 4) is 0 Å². The molecular formula is C28H23ClF4N8. The van der Waals surface area contributed by atoms with Crippen LogP contribution in [0.2, 0.25) is 5.15 Å². The summed E-state index contributed by atoms with van der Waals surface area (Å²) in [6, 6.07) is 5.96. The van der Waals surface area contributed by atoms with Crippen molar-refractivity contribution in [2.45, 2.75) is 56.9 Å². The number of anilines is 2. The molecule has 1 aromatic carbocycles. The van der Waals surface area contributed by atoms with E-state index in [9.17, 15) is 17.6 Å². The van der Waals surface area contributed by atoms with Crippen molar-refractivity contribution in [1.29, 1.82) is 0 Å². The first kappa shape index (κ1) is 25.9. The lowest BCUT2D eigenvalue weighted by Crippen LogP contribution is -2.25. The Balaban J connectivity index is 0.000000149. The highest BCUT2D eigenvalue weighted by Crippen LogP contribution is 2.40. The van der Waals surface area contributed by atoms with Gasteiger partial charge in [-0.25, -0.2) is 37.5 Å². The van der Waals surface area contributed by atoms with E-state index in [0.717, 1.165) is 22.6 Å².